The van der Waals surface area contributed by atoms with Crippen molar-refractivity contribution in [3.05, 3.63) is 23.9 Å². The summed E-state index contributed by atoms with van der Waals surface area (Å²) in [6.45, 7) is 2.24. The molecule has 90 valence electrons. The van der Waals surface area contributed by atoms with Crippen LogP contribution >= 0.6 is 0 Å². The second kappa shape index (κ2) is 7.19. The number of aliphatic hydroxyl groups excluding tert-OH is 1. The summed E-state index contributed by atoms with van der Waals surface area (Å²) in [4.78, 5) is 6.31. The van der Waals surface area contributed by atoms with Gasteiger partial charge in [-0.1, -0.05) is 6.07 Å². The third-order valence-corrected chi connectivity index (χ3v) is 2.50. The molecule has 0 saturated carbocycles. The summed E-state index contributed by atoms with van der Waals surface area (Å²) in [6, 6.07) is 3.83. The van der Waals surface area contributed by atoms with Crippen molar-refractivity contribution in [1.29, 1.82) is 0 Å². The van der Waals surface area contributed by atoms with E-state index >= 15 is 0 Å². The van der Waals surface area contributed by atoms with Crippen molar-refractivity contribution in [1.82, 2.24) is 9.88 Å². The van der Waals surface area contributed by atoms with E-state index in [1.54, 1.807) is 0 Å². The lowest BCUT2D eigenvalue weighted by atomic mass is 10.2. The molecule has 16 heavy (non-hydrogen) atoms. The van der Waals surface area contributed by atoms with Gasteiger partial charge in [-0.25, -0.2) is 4.98 Å². The molecule has 0 aromatic carbocycles. The first-order chi connectivity index (χ1) is 7.72. The van der Waals surface area contributed by atoms with Crippen LogP contribution in [0, 0.1) is 0 Å². The average molecular weight is 223 g/mol. The Hall–Kier alpha value is -1.13. The summed E-state index contributed by atoms with van der Waals surface area (Å²) in [5.74, 6) is 0.564. The Morgan fingerprint density at radius 2 is 2.12 bits per heavy atom. The van der Waals surface area contributed by atoms with Gasteiger partial charge in [0.1, 0.15) is 5.82 Å². The van der Waals surface area contributed by atoms with E-state index in [0.29, 0.717) is 12.4 Å². The molecule has 0 atom stereocenters. The first-order valence-corrected chi connectivity index (χ1v) is 5.72. The van der Waals surface area contributed by atoms with Crippen molar-refractivity contribution >= 4 is 5.82 Å². The number of anilines is 1. The normalized spacial score (nSPS) is 10.9. The van der Waals surface area contributed by atoms with E-state index in [4.69, 9.17) is 10.8 Å². The molecule has 0 aliphatic heterocycles. The summed E-state index contributed by atoms with van der Waals surface area (Å²) in [6.07, 6.45) is 4.93. The zero-order chi connectivity index (χ0) is 11.8. The van der Waals surface area contributed by atoms with Crippen LogP contribution < -0.4 is 5.73 Å². The highest BCUT2D eigenvalue weighted by molar-refractivity contribution is 5.29. The second-order valence-corrected chi connectivity index (χ2v) is 4.11. The molecule has 0 bridgehead atoms. The number of aliphatic hydroxyl groups is 1. The van der Waals surface area contributed by atoms with E-state index in [1.807, 2.05) is 18.3 Å². The van der Waals surface area contributed by atoms with Crippen LogP contribution in [0.3, 0.4) is 0 Å². The van der Waals surface area contributed by atoms with Gasteiger partial charge in [0.25, 0.3) is 0 Å². The van der Waals surface area contributed by atoms with Crippen LogP contribution in [0.2, 0.25) is 0 Å². The molecule has 0 spiro atoms. The van der Waals surface area contributed by atoms with Crippen LogP contribution in [0.4, 0.5) is 5.82 Å². The third-order valence-electron chi connectivity index (χ3n) is 2.50. The predicted molar refractivity (Wildman–Crippen MR) is 65.9 cm³/mol. The van der Waals surface area contributed by atoms with Gasteiger partial charge in [-0.2, -0.15) is 0 Å². The molecule has 0 radical (unpaired) electrons. The number of pyridine rings is 1. The number of nitrogens with zero attached hydrogens (tertiary/aromatic N) is 2. The highest BCUT2D eigenvalue weighted by atomic mass is 16.2. The van der Waals surface area contributed by atoms with Crippen molar-refractivity contribution in [2.24, 2.45) is 0 Å². The Morgan fingerprint density at radius 3 is 2.75 bits per heavy atom. The zero-order valence-corrected chi connectivity index (χ0v) is 9.89. The number of rotatable bonds is 7. The lowest BCUT2D eigenvalue weighted by molar-refractivity contribution is 0.271. The van der Waals surface area contributed by atoms with Crippen LogP contribution in [0.5, 0.6) is 0 Å². The van der Waals surface area contributed by atoms with Crippen molar-refractivity contribution < 1.29 is 5.11 Å². The Morgan fingerprint density at radius 1 is 1.31 bits per heavy atom. The van der Waals surface area contributed by atoms with Crippen LogP contribution in [-0.2, 0) is 6.54 Å². The standard InChI is InChI=1S/C12H21N3O/c1-15(7-3-2-4-8-16)10-11-5-6-12(13)14-9-11/h5-6,9,16H,2-4,7-8,10H2,1H3,(H2,13,14). The second-order valence-electron chi connectivity index (χ2n) is 4.11. The number of aromatic nitrogens is 1. The van der Waals surface area contributed by atoms with Gasteiger partial charge in [-0.3, -0.25) is 0 Å². The molecule has 3 N–H and O–H groups in total. The minimum absolute atomic E-state index is 0.297. The smallest absolute Gasteiger partial charge is 0.123 e. The SMILES string of the molecule is CN(CCCCCO)Cc1ccc(N)nc1. The lowest BCUT2D eigenvalue weighted by Gasteiger charge is -2.16. The fourth-order valence-electron chi connectivity index (χ4n) is 1.59. The molecule has 0 saturated heterocycles. The van der Waals surface area contributed by atoms with Gasteiger partial charge in [-0.05, 0) is 44.5 Å². The van der Waals surface area contributed by atoms with Crippen molar-refractivity contribution in [3.8, 4) is 0 Å². The number of nitrogen functional groups attached to an aromatic ring is 1. The number of unbranched alkanes of at least 4 members (excludes halogenated alkanes) is 2. The number of nitrogens with two attached hydrogens (primary N) is 1. The largest absolute Gasteiger partial charge is 0.396 e. The first kappa shape index (κ1) is 12.9. The van der Waals surface area contributed by atoms with Crippen molar-refractivity contribution in [2.75, 3.05) is 25.9 Å². The fraction of sp³-hybridized carbons (Fsp3) is 0.583. The summed E-state index contributed by atoms with van der Waals surface area (Å²) >= 11 is 0. The Kier molecular flexibility index (Phi) is 5.82. The molecule has 0 aliphatic rings. The van der Waals surface area contributed by atoms with Crippen LogP contribution in [0.15, 0.2) is 18.3 Å². The first-order valence-electron chi connectivity index (χ1n) is 5.72. The quantitative estimate of drug-likeness (QED) is 0.683. The maximum absolute atomic E-state index is 8.66. The number of hydrogen-bond acceptors (Lipinski definition) is 4. The van der Waals surface area contributed by atoms with Crippen LogP contribution in [-0.4, -0.2) is 35.2 Å². The van der Waals surface area contributed by atoms with Gasteiger partial charge in [0.15, 0.2) is 0 Å². The highest BCUT2D eigenvalue weighted by Gasteiger charge is 2.00. The maximum atomic E-state index is 8.66. The van der Waals surface area contributed by atoms with Crippen LogP contribution in [0.25, 0.3) is 0 Å². The van der Waals surface area contributed by atoms with Gasteiger partial charge >= 0.3 is 0 Å². The summed E-state index contributed by atoms with van der Waals surface area (Å²) in [5.41, 5.74) is 6.70. The van der Waals surface area contributed by atoms with Gasteiger partial charge in [-0.15, -0.1) is 0 Å². The Labute approximate surface area is 97.1 Å². The van der Waals surface area contributed by atoms with E-state index in [2.05, 4.69) is 16.9 Å². The molecule has 4 heteroatoms. The molecule has 1 aromatic heterocycles. The lowest BCUT2D eigenvalue weighted by Crippen LogP contribution is -2.19. The van der Waals surface area contributed by atoms with E-state index in [1.165, 1.54) is 5.56 Å². The van der Waals surface area contributed by atoms with Gasteiger partial charge in [0.2, 0.25) is 0 Å². The monoisotopic (exact) mass is 223 g/mol. The predicted octanol–water partition coefficient (Wildman–Crippen LogP) is 1.26. The molecule has 1 aromatic rings. The Bertz CT molecular complexity index is 287. The van der Waals surface area contributed by atoms with Crippen molar-refractivity contribution in [3.63, 3.8) is 0 Å². The molecular weight excluding hydrogens is 202 g/mol. The van der Waals surface area contributed by atoms with Gasteiger partial charge in [0.05, 0.1) is 0 Å². The third kappa shape index (κ3) is 5.09. The van der Waals surface area contributed by atoms with Gasteiger partial charge in [0, 0.05) is 19.3 Å². The average Bonchev–Trinajstić information content (AvgIpc) is 2.28. The minimum Gasteiger partial charge on any atom is -0.396 e. The summed E-state index contributed by atoms with van der Waals surface area (Å²) in [5, 5.41) is 8.66. The maximum Gasteiger partial charge on any atom is 0.123 e. The summed E-state index contributed by atoms with van der Waals surface area (Å²) in [7, 11) is 2.09. The number of hydrogen-bond donors (Lipinski definition) is 2. The molecular formula is C12H21N3O. The summed E-state index contributed by atoms with van der Waals surface area (Å²) < 4.78 is 0. The van der Waals surface area contributed by atoms with Gasteiger partial charge < -0.3 is 15.7 Å². The molecule has 0 unspecified atom stereocenters. The van der Waals surface area contributed by atoms with E-state index in [0.717, 1.165) is 32.4 Å². The fourth-order valence-corrected chi connectivity index (χ4v) is 1.59. The molecule has 4 nitrogen and oxygen atoms in total. The van der Waals surface area contributed by atoms with E-state index in [9.17, 15) is 0 Å². The topological polar surface area (TPSA) is 62.4 Å². The van der Waals surface area contributed by atoms with Crippen molar-refractivity contribution in [2.45, 2.75) is 25.8 Å². The van der Waals surface area contributed by atoms with E-state index < -0.39 is 0 Å². The minimum atomic E-state index is 0.297. The van der Waals surface area contributed by atoms with E-state index in [-0.39, 0.29) is 0 Å². The zero-order valence-electron chi connectivity index (χ0n) is 9.89. The highest BCUT2D eigenvalue weighted by Crippen LogP contribution is 2.05. The molecule has 0 fully saturated rings. The Balaban J connectivity index is 2.23. The van der Waals surface area contributed by atoms with Crippen LogP contribution in [0.1, 0.15) is 24.8 Å². The molecule has 0 amide bonds. The molecule has 1 heterocycles. The molecule has 1 rings (SSSR count). The molecule has 0 aliphatic carbocycles.